The zero-order valence-electron chi connectivity index (χ0n) is 8.13. The number of aliphatic carboxylic acids is 1. The maximum absolute atomic E-state index is 10.5. The molecule has 16 heavy (non-hydrogen) atoms. The van der Waals surface area contributed by atoms with Gasteiger partial charge in [0.15, 0.2) is 0 Å². The zero-order chi connectivity index (χ0) is 12.7. The Hall–Kier alpha value is -0.770. The Morgan fingerprint density at radius 1 is 0.938 bits per heavy atom. The molecule has 1 aliphatic rings. The summed E-state index contributed by atoms with van der Waals surface area (Å²) in [5.41, 5.74) is -2.61. The number of aliphatic hydroxyl groups is 6. The van der Waals surface area contributed by atoms with Crippen LogP contribution in [0.4, 0.5) is 0 Å². The van der Waals surface area contributed by atoms with Crippen LogP contribution in [0, 0.1) is 0 Å². The third kappa shape index (κ3) is 1.90. The minimum absolute atomic E-state index is 1.07. The van der Waals surface area contributed by atoms with Gasteiger partial charge >= 0.3 is 5.97 Å². The molecular formula is C8H14O8. The minimum Gasteiger partial charge on any atom is -0.481 e. The first kappa shape index (κ1) is 13.3. The molecule has 1 fully saturated rings. The monoisotopic (exact) mass is 238 g/mol. The van der Waals surface area contributed by atoms with Crippen molar-refractivity contribution in [1.82, 2.24) is 0 Å². The Morgan fingerprint density at radius 3 is 1.62 bits per heavy atom. The van der Waals surface area contributed by atoms with Crippen LogP contribution in [-0.2, 0) is 4.79 Å². The molecule has 0 aliphatic heterocycles. The number of carboxylic acids is 1. The summed E-state index contributed by atoms with van der Waals surface area (Å²) in [6, 6.07) is 0. The largest absolute Gasteiger partial charge is 0.481 e. The average Bonchev–Trinajstić information content (AvgIpc) is 2.21. The van der Waals surface area contributed by atoms with E-state index < -0.39 is 48.5 Å². The van der Waals surface area contributed by atoms with Gasteiger partial charge in [0, 0.05) is 0 Å². The van der Waals surface area contributed by atoms with Crippen molar-refractivity contribution in [2.24, 2.45) is 0 Å². The highest BCUT2D eigenvalue weighted by molar-refractivity contribution is 5.68. The third-order valence-electron chi connectivity index (χ3n) is 2.81. The number of hydrogen-bond acceptors (Lipinski definition) is 7. The van der Waals surface area contributed by atoms with E-state index in [1.807, 2.05) is 0 Å². The predicted molar refractivity (Wildman–Crippen MR) is 47.2 cm³/mol. The van der Waals surface area contributed by atoms with Crippen LogP contribution in [0.15, 0.2) is 0 Å². The van der Waals surface area contributed by atoms with Crippen molar-refractivity contribution < 1.29 is 40.5 Å². The van der Waals surface area contributed by atoms with Crippen LogP contribution in [0.25, 0.3) is 0 Å². The first-order valence-electron chi connectivity index (χ1n) is 4.56. The van der Waals surface area contributed by atoms with Crippen LogP contribution in [-0.4, -0.2) is 77.8 Å². The molecular weight excluding hydrogens is 224 g/mol. The molecule has 4 unspecified atom stereocenters. The van der Waals surface area contributed by atoms with Gasteiger partial charge < -0.3 is 35.7 Å². The zero-order valence-corrected chi connectivity index (χ0v) is 8.13. The summed E-state index contributed by atoms with van der Waals surface area (Å²) in [5, 5.41) is 64.7. The topological polar surface area (TPSA) is 159 Å². The van der Waals surface area contributed by atoms with Gasteiger partial charge in [0.25, 0.3) is 0 Å². The summed E-state index contributed by atoms with van der Waals surface area (Å²) in [6.45, 7) is 0. The summed E-state index contributed by atoms with van der Waals surface area (Å²) in [7, 11) is 0. The summed E-state index contributed by atoms with van der Waals surface area (Å²) >= 11 is 0. The van der Waals surface area contributed by atoms with E-state index in [1.54, 1.807) is 0 Å². The highest BCUT2D eigenvalue weighted by Gasteiger charge is 2.58. The number of hydrogen-bond donors (Lipinski definition) is 7. The molecule has 7 N–H and O–H groups in total. The van der Waals surface area contributed by atoms with Gasteiger partial charge in [-0.05, 0) is 0 Å². The number of carbonyl (C=O) groups is 1. The fraction of sp³-hybridized carbons (Fsp3) is 0.875. The van der Waals surface area contributed by atoms with Crippen molar-refractivity contribution in [3.8, 4) is 0 Å². The van der Waals surface area contributed by atoms with Crippen molar-refractivity contribution >= 4 is 5.97 Å². The smallest absolute Gasteiger partial charge is 0.306 e. The summed E-state index contributed by atoms with van der Waals surface area (Å²) < 4.78 is 0. The van der Waals surface area contributed by atoms with Gasteiger partial charge in [0.1, 0.15) is 36.1 Å². The number of carboxylic acid groups (broad SMARTS) is 1. The van der Waals surface area contributed by atoms with Gasteiger partial charge in [0.05, 0.1) is 6.42 Å². The molecule has 1 saturated carbocycles. The fourth-order valence-electron chi connectivity index (χ4n) is 1.79. The van der Waals surface area contributed by atoms with Gasteiger partial charge in [-0.3, -0.25) is 4.79 Å². The molecule has 0 amide bonds. The molecule has 8 nitrogen and oxygen atoms in total. The van der Waals surface area contributed by atoms with Gasteiger partial charge in [-0.25, -0.2) is 0 Å². The minimum atomic E-state index is -2.61. The fourth-order valence-corrected chi connectivity index (χ4v) is 1.79. The second kappa shape index (κ2) is 4.24. The molecule has 94 valence electrons. The van der Waals surface area contributed by atoms with Crippen molar-refractivity contribution in [2.75, 3.05) is 0 Å². The van der Waals surface area contributed by atoms with Gasteiger partial charge in [-0.2, -0.15) is 0 Å². The average molecular weight is 238 g/mol. The summed E-state index contributed by atoms with van der Waals surface area (Å²) in [5.74, 6) is -1.53. The maximum atomic E-state index is 10.5. The van der Waals surface area contributed by atoms with Crippen LogP contribution >= 0.6 is 0 Å². The van der Waals surface area contributed by atoms with E-state index in [0.29, 0.717) is 0 Å². The van der Waals surface area contributed by atoms with Gasteiger partial charge in [-0.1, -0.05) is 0 Å². The van der Waals surface area contributed by atoms with E-state index in [-0.39, 0.29) is 0 Å². The quantitative estimate of drug-likeness (QED) is 0.256. The summed E-state index contributed by atoms with van der Waals surface area (Å²) in [6.07, 6.45) is -11.0. The standard InChI is InChI=1S/C8H14O8/c9-2(10)1-8(16)6(14)4(12)3(11)5(13)7(8)15/h3-7,11-16H,1H2,(H,9,10). The molecule has 0 aromatic rings. The normalized spacial score (nSPS) is 49.0. The van der Waals surface area contributed by atoms with Crippen molar-refractivity contribution in [2.45, 2.75) is 42.5 Å². The number of aliphatic hydroxyl groups excluding tert-OH is 5. The van der Waals surface area contributed by atoms with E-state index in [4.69, 9.17) is 5.11 Å². The Labute approximate surface area is 90.0 Å². The Kier molecular flexibility index (Phi) is 3.53. The molecule has 0 spiro atoms. The molecule has 0 saturated heterocycles. The second-order valence-electron chi connectivity index (χ2n) is 3.92. The van der Waals surface area contributed by atoms with E-state index in [0.717, 1.165) is 0 Å². The van der Waals surface area contributed by atoms with E-state index in [1.165, 1.54) is 0 Å². The van der Waals surface area contributed by atoms with Gasteiger partial charge in [0.2, 0.25) is 0 Å². The molecule has 4 atom stereocenters. The van der Waals surface area contributed by atoms with Crippen molar-refractivity contribution in [3.05, 3.63) is 0 Å². The molecule has 0 aromatic heterocycles. The first-order valence-corrected chi connectivity index (χ1v) is 4.56. The van der Waals surface area contributed by atoms with Gasteiger partial charge in [-0.15, -0.1) is 0 Å². The van der Waals surface area contributed by atoms with Crippen LogP contribution in [0.2, 0.25) is 0 Å². The van der Waals surface area contributed by atoms with E-state index in [9.17, 15) is 35.4 Å². The third-order valence-corrected chi connectivity index (χ3v) is 2.81. The highest BCUT2D eigenvalue weighted by Crippen LogP contribution is 2.32. The SMILES string of the molecule is O=C(O)CC1(O)C(O)C(O)C(O)C(O)C1O. The lowest BCUT2D eigenvalue weighted by atomic mass is 9.73. The predicted octanol–water partition coefficient (Wildman–Crippen LogP) is -3.99. The molecule has 0 radical (unpaired) electrons. The molecule has 0 heterocycles. The molecule has 8 heteroatoms. The Bertz CT molecular complexity index is 263. The Balaban J connectivity index is 3.02. The molecule has 1 rings (SSSR count). The van der Waals surface area contributed by atoms with Crippen LogP contribution in [0.1, 0.15) is 6.42 Å². The highest BCUT2D eigenvalue weighted by atomic mass is 16.4. The molecule has 0 aromatic carbocycles. The van der Waals surface area contributed by atoms with Crippen molar-refractivity contribution in [1.29, 1.82) is 0 Å². The lowest BCUT2D eigenvalue weighted by molar-refractivity contribution is -0.269. The van der Waals surface area contributed by atoms with Crippen LogP contribution < -0.4 is 0 Å². The molecule has 1 aliphatic carbocycles. The first-order chi connectivity index (χ1) is 7.21. The lowest BCUT2D eigenvalue weighted by Gasteiger charge is -2.47. The Morgan fingerprint density at radius 2 is 1.31 bits per heavy atom. The van der Waals surface area contributed by atoms with Crippen LogP contribution in [0.3, 0.4) is 0 Å². The van der Waals surface area contributed by atoms with Crippen LogP contribution in [0.5, 0.6) is 0 Å². The van der Waals surface area contributed by atoms with E-state index >= 15 is 0 Å². The number of rotatable bonds is 2. The molecule has 0 bridgehead atoms. The lowest BCUT2D eigenvalue weighted by Crippen LogP contribution is -2.71. The second-order valence-corrected chi connectivity index (χ2v) is 3.92. The summed E-state index contributed by atoms with van der Waals surface area (Å²) in [4.78, 5) is 10.5. The maximum Gasteiger partial charge on any atom is 0.306 e. The van der Waals surface area contributed by atoms with E-state index in [2.05, 4.69) is 0 Å². The van der Waals surface area contributed by atoms with Crippen molar-refractivity contribution in [3.63, 3.8) is 0 Å².